The topological polar surface area (TPSA) is 35.5 Å². The average molecular weight is 288 g/mol. The van der Waals surface area contributed by atoms with Crippen molar-refractivity contribution in [3.8, 4) is 0 Å². The zero-order valence-corrected chi connectivity index (χ0v) is 13.1. The number of fused-ring (bicyclic) bond motifs is 1. The standard InChI is InChI=1S/C18H28N2O/c1-19-18(14-21,16-8-3-2-4-9-16)13-20-12-11-15-7-5-6-10-17(15)20/h2-4,8-9,15,17,19,21H,5-7,10-14H2,1H3. The summed E-state index contributed by atoms with van der Waals surface area (Å²) in [5, 5.41) is 13.5. The number of benzene rings is 1. The van der Waals surface area contributed by atoms with Crippen molar-refractivity contribution in [2.75, 3.05) is 26.7 Å². The first-order valence-electron chi connectivity index (χ1n) is 8.38. The first-order valence-corrected chi connectivity index (χ1v) is 8.38. The number of aliphatic hydroxyl groups is 1. The molecule has 1 aromatic carbocycles. The molecule has 1 saturated carbocycles. The highest BCUT2D eigenvalue weighted by Gasteiger charge is 2.40. The van der Waals surface area contributed by atoms with Gasteiger partial charge < -0.3 is 10.4 Å². The largest absolute Gasteiger partial charge is 0.394 e. The highest BCUT2D eigenvalue weighted by atomic mass is 16.3. The van der Waals surface area contributed by atoms with Crippen molar-refractivity contribution in [3.05, 3.63) is 35.9 Å². The number of hydrogen-bond acceptors (Lipinski definition) is 3. The molecular weight excluding hydrogens is 260 g/mol. The number of nitrogens with zero attached hydrogens (tertiary/aromatic N) is 1. The lowest BCUT2D eigenvalue weighted by Crippen LogP contribution is -2.53. The van der Waals surface area contributed by atoms with Gasteiger partial charge in [-0.3, -0.25) is 4.90 Å². The minimum atomic E-state index is -0.340. The Bertz CT molecular complexity index is 444. The van der Waals surface area contributed by atoms with Crippen LogP contribution in [0.1, 0.15) is 37.7 Å². The quantitative estimate of drug-likeness (QED) is 0.873. The third-order valence-corrected chi connectivity index (χ3v) is 5.67. The minimum absolute atomic E-state index is 0.140. The predicted molar refractivity (Wildman–Crippen MR) is 86.2 cm³/mol. The normalized spacial score (nSPS) is 29.0. The lowest BCUT2D eigenvalue weighted by Gasteiger charge is -2.40. The fourth-order valence-corrected chi connectivity index (χ4v) is 4.34. The Morgan fingerprint density at radius 2 is 1.95 bits per heavy atom. The Morgan fingerprint density at radius 1 is 1.19 bits per heavy atom. The van der Waals surface area contributed by atoms with Crippen LogP contribution < -0.4 is 5.32 Å². The second kappa shape index (κ2) is 6.47. The molecule has 116 valence electrons. The van der Waals surface area contributed by atoms with Crippen molar-refractivity contribution in [2.45, 2.75) is 43.7 Å². The molecule has 3 heteroatoms. The molecular formula is C18H28N2O. The van der Waals surface area contributed by atoms with Crippen molar-refractivity contribution < 1.29 is 5.11 Å². The summed E-state index contributed by atoms with van der Waals surface area (Å²) < 4.78 is 0. The van der Waals surface area contributed by atoms with E-state index in [0.29, 0.717) is 0 Å². The molecule has 2 aliphatic rings. The van der Waals surface area contributed by atoms with Gasteiger partial charge in [-0.15, -0.1) is 0 Å². The summed E-state index contributed by atoms with van der Waals surface area (Å²) in [6.07, 6.45) is 6.85. The van der Waals surface area contributed by atoms with Crippen molar-refractivity contribution in [1.29, 1.82) is 0 Å². The Labute approximate surface area is 128 Å². The molecule has 0 radical (unpaired) electrons. The van der Waals surface area contributed by atoms with Gasteiger partial charge in [-0.1, -0.05) is 43.2 Å². The molecule has 21 heavy (non-hydrogen) atoms. The fraction of sp³-hybridized carbons (Fsp3) is 0.667. The Morgan fingerprint density at radius 3 is 2.67 bits per heavy atom. The number of likely N-dealkylation sites (N-methyl/N-ethyl adjacent to an activating group) is 1. The van der Waals surface area contributed by atoms with Gasteiger partial charge in [-0.25, -0.2) is 0 Å². The summed E-state index contributed by atoms with van der Waals surface area (Å²) in [5.74, 6) is 0.891. The highest BCUT2D eigenvalue weighted by Crippen LogP contribution is 2.37. The van der Waals surface area contributed by atoms with Crippen LogP contribution in [-0.4, -0.2) is 42.8 Å². The first kappa shape index (κ1) is 15.0. The average Bonchev–Trinajstić information content (AvgIpc) is 2.96. The molecule has 2 N–H and O–H groups in total. The van der Waals surface area contributed by atoms with Crippen LogP contribution in [-0.2, 0) is 5.54 Å². The summed E-state index contributed by atoms with van der Waals surface area (Å²) in [7, 11) is 1.97. The first-order chi connectivity index (χ1) is 10.3. The van der Waals surface area contributed by atoms with Gasteiger partial charge in [0.2, 0.25) is 0 Å². The van der Waals surface area contributed by atoms with Crippen LogP contribution in [0.3, 0.4) is 0 Å². The van der Waals surface area contributed by atoms with Gasteiger partial charge in [0, 0.05) is 12.6 Å². The van der Waals surface area contributed by atoms with Gasteiger partial charge >= 0.3 is 0 Å². The summed E-state index contributed by atoms with van der Waals surface area (Å²) in [4.78, 5) is 2.63. The molecule has 3 nitrogen and oxygen atoms in total. The smallest absolute Gasteiger partial charge is 0.0795 e. The summed E-state index contributed by atoms with van der Waals surface area (Å²) in [5.41, 5.74) is 0.849. The number of aliphatic hydroxyl groups excluding tert-OH is 1. The summed E-state index contributed by atoms with van der Waals surface area (Å²) in [6.45, 7) is 2.23. The lowest BCUT2D eigenvalue weighted by atomic mass is 9.84. The van der Waals surface area contributed by atoms with Crippen LogP contribution in [0.5, 0.6) is 0 Å². The maximum absolute atomic E-state index is 10.1. The minimum Gasteiger partial charge on any atom is -0.394 e. The van der Waals surface area contributed by atoms with E-state index in [1.807, 2.05) is 13.1 Å². The van der Waals surface area contributed by atoms with E-state index >= 15 is 0 Å². The molecule has 1 saturated heterocycles. The van der Waals surface area contributed by atoms with E-state index in [1.165, 1.54) is 44.2 Å². The van der Waals surface area contributed by atoms with Crippen LogP contribution in [0.4, 0.5) is 0 Å². The third-order valence-electron chi connectivity index (χ3n) is 5.67. The lowest BCUT2D eigenvalue weighted by molar-refractivity contribution is 0.0898. The SMILES string of the molecule is CNC(CO)(CN1CCC2CCCCC21)c1ccccc1. The van der Waals surface area contributed by atoms with Gasteiger partial charge in [-0.2, -0.15) is 0 Å². The number of rotatable bonds is 5. The monoisotopic (exact) mass is 288 g/mol. The van der Waals surface area contributed by atoms with Gasteiger partial charge in [0.25, 0.3) is 0 Å². The highest BCUT2D eigenvalue weighted by molar-refractivity contribution is 5.25. The molecule has 1 heterocycles. The molecule has 0 spiro atoms. The molecule has 2 fully saturated rings. The molecule has 1 aliphatic carbocycles. The van der Waals surface area contributed by atoms with E-state index in [1.54, 1.807) is 0 Å². The van der Waals surface area contributed by atoms with Crippen LogP contribution in [0.15, 0.2) is 30.3 Å². The van der Waals surface area contributed by atoms with Gasteiger partial charge in [-0.05, 0) is 44.3 Å². The van der Waals surface area contributed by atoms with Gasteiger partial charge in [0.05, 0.1) is 12.1 Å². The van der Waals surface area contributed by atoms with Crippen molar-refractivity contribution in [2.24, 2.45) is 5.92 Å². The maximum atomic E-state index is 10.1. The van der Waals surface area contributed by atoms with Crippen LogP contribution in [0.25, 0.3) is 0 Å². The fourth-order valence-electron chi connectivity index (χ4n) is 4.34. The molecule has 3 atom stereocenters. The van der Waals surface area contributed by atoms with Gasteiger partial charge in [0.1, 0.15) is 0 Å². The second-order valence-electron chi connectivity index (χ2n) is 6.73. The third kappa shape index (κ3) is 2.87. The Kier molecular flexibility index (Phi) is 4.63. The molecule has 0 aromatic heterocycles. The van der Waals surface area contributed by atoms with E-state index in [-0.39, 0.29) is 12.1 Å². The number of hydrogen-bond donors (Lipinski definition) is 2. The summed E-state index contributed by atoms with van der Waals surface area (Å²) in [6, 6.07) is 11.1. The zero-order chi connectivity index (χ0) is 14.7. The van der Waals surface area contributed by atoms with Crippen LogP contribution >= 0.6 is 0 Å². The Hall–Kier alpha value is -0.900. The predicted octanol–water partition coefficient (Wildman–Crippen LogP) is 2.36. The molecule has 1 aliphatic heterocycles. The summed E-state index contributed by atoms with van der Waals surface area (Å²) >= 11 is 0. The molecule has 0 bridgehead atoms. The zero-order valence-electron chi connectivity index (χ0n) is 13.1. The van der Waals surface area contributed by atoms with Crippen molar-refractivity contribution in [1.82, 2.24) is 10.2 Å². The van der Waals surface area contributed by atoms with Crippen molar-refractivity contribution >= 4 is 0 Å². The van der Waals surface area contributed by atoms with Crippen molar-refractivity contribution in [3.63, 3.8) is 0 Å². The van der Waals surface area contributed by atoms with Gasteiger partial charge in [0.15, 0.2) is 0 Å². The van der Waals surface area contributed by atoms with E-state index in [4.69, 9.17) is 0 Å². The molecule has 3 unspecified atom stereocenters. The Balaban J connectivity index is 1.79. The number of nitrogens with one attached hydrogen (secondary N) is 1. The molecule has 0 amide bonds. The van der Waals surface area contributed by atoms with E-state index in [0.717, 1.165) is 18.5 Å². The number of likely N-dealkylation sites (tertiary alicyclic amines) is 1. The van der Waals surface area contributed by atoms with E-state index in [9.17, 15) is 5.11 Å². The molecule has 1 aromatic rings. The van der Waals surface area contributed by atoms with E-state index in [2.05, 4.69) is 34.5 Å². The molecule has 3 rings (SSSR count). The van der Waals surface area contributed by atoms with E-state index < -0.39 is 0 Å². The van der Waals surface area contributed by atoms with Crippen LogP contribution in [0.2, 0.25) is 0 Å². The second-order valence-corrected chi connectivity index (χ2v) is 6.73. The van der Waals surface area contributed by atoms with Crippen LogP contribution in [0, 0.1) is 5.92 Å². The maximum Gasteiger partial charge on any atom is 0.0795 e.